The van der Waals surface area contributed by atoms with Crippen LogP contribution in [0.3, 0.4) is 0 Å². The fourth-order valence-electron chi connectivity index (χ4n) is 1.59. The van der Waals surface area contributed by atoms with Gasteiger partial charge in [0.25, 0.3) is 0 Å². The standard InChI is InChI=1S/C14H17N3/c1-17(2)14-8-5-7-12(10-14)16-11-13-6-3-4-9-15-13/h3-10,16H,11H2,1-2H3. The molecule has 0 unspecified atom stereocenters. The van der Waals surface area contributed by atoms with Crippen LogP contribution in [0.1, 0.15) is 5.69 Å². The second kappa shape index (κ2) is 5.34. The molecule has 88 valence electrons. The van der Waals surface area contributed by atoms with Crippen molar-refractivity contribution < 1.29 is 0 Å². The molecular weight excluding hydrogens is 210 g/mol. The number of benzene rings is 1. The summed E-state index contributed by atoms with van der Waals surface area (Å²) in [5.41, 5.74) is 3.35. The van der Waals surface area contributed by atoms with E-state index in [9.17, 15) is 0 Å². The molecule has 1 N–H and O–H groups in total. The van der Waals surface area contributed by atoms with E-state index in [2.05, 4.69) is 39.5 Å². The molecule has 0 fully saturated rings. The highest BCUT2D eigenvalue weighted by Gasteiger charge is 1.98. The van der Waals surface area contributed by atoms with Crippen molar-refractivity contribution >= 4 is 11.4 Å². The smallest absolute Gasteiger partial charge is 0.0594 e. The maximum Gasteiger partial charge on any atom is 0.0594 e. The van der Waals surface area contributed by atoms with Crippen molar-refractivity contribution in [1.82, 2.24) is 4.98 Å². The highest BCUT2D eigenvalue weighted by molar-refractivity contribution is 5.57. The van der Waals surface area contributed by atoms with Crippen molar-refractivity contribution in [2.75, 3.05) is 24.3 Å². The average molecular weight is 227 g/mol. The molecule has 0 saturated heterocycles. The Labute approximate surface area is 102 Å². The Kier molecular flexibility index (Phi) is 3.60. The normalized spacial score (nSPS) is 10.0. The van der Waals surface area contributed by atoms with E-state index < -0.39 is 0 Å². The summed E-state index contributed by atoms with van der Waals surface area (Å²) in [5, 5.41) is 3.37. The van der Waals surface area contributed by atoms with Crippen LogP contribution in [-0.4, -0.2) is 19.1 Å². The highest BCUT2D eigenvalue weighted by atomic mass is 15.1. The van der Waals surface area contributed by atoms with Crippen molar-refractivity contribution in [2.24, 2.45) is 0 Å². The number of anilines is 2. The van der Waals surface area contributed by atoms with E-state index in [-0.39, 0.29) is 0 Å². The first-order valence-corrected chi connectivity index (χ1v) is 5.67. The molecule has 0 aliphatic heterocycles. The van der Waals surface area contributed by atoms with Gasteiger partial charge in [-0.2, -0.15) is 0 Å². The third-order valence-electron chi connectivity index (χ3n) is 2.56. The maximum atomic E-state index is 4.28. The van der Waals surface area contributed by atoms with Gasteiger partial charge in [0, 0.05) is 31.7 Å². The van der Waals surface area contributed by atoms with Crippen LogP contribution in [0.25, 0.3) is 0 Å². The molecule has 1 heterocycles. The van der Waals surface area contributed by atoms with Crippen LogP contribution in [-0.2, 0) is 6.54 Å². The van der Waals surface area contributed by atoms with E-state index in [0.717, 1.165) is 17.9 Å². The SMILES string of the molecule is CN(C)c1cccc(NCc2ccccn2)c1. The van der Waals surface area contributed by atoms with Crippen LogP contribution < -0.4 is 10.2 Å². The molecule has 0 aliphatic carbocycles. The van der Waals surface area contributed by atoms with Crippen LogP contribution in [0.4, 0.5) is 11.4 Å². The molecule has 1 aromatic heterocycles. The minimum atomic E-state index is 0.748. The Morgan fingerprint density at radius 3 is 2.71 bits per heavy atom. The van der Waals surface area contributed by atoms with Gasteiger partial charge in [-0.15, -0.1) is 0 Å². The van der Waals surface area contributed by atoms with Crippen molar-refractivity contribution in [3.8, 4) is 0 Å². The van der Waals surface area contributed by atoms with Crippen molar-refractivity contribution in [1.29, 1.82) is 0 Å². The number of nitrogens with zero attached hydrogens (tertiary/aromatic N) is 2. The Bertz CT molecular complexity index is 466. The first-order chi connectivity index (χ1) is 8.25. The molecule has 0 spiro atoms. The summed E-state index contributed by atoms with van der Waals surface area (Å²) in [6, 6.07) is 14.3. The predicted octanol–water partition coefficient (Wildman–Crippen LogP) is 2.76. The van der Waals surface area contributed by atoms with Gasteiger partial charge in [-0.05, 0) is 30.3 Å². The van der Waals surface area contributed by atoms with Crippen LogP contribution in [0.15, 0.2) is 48.7 Å². The summed E-state index contributed by atoms with van der Waals surface area (Å²) in [6.45, 7) is 0.748. The topological polar surface area (TPSA) is 28.2 Å². The molecule has 0 aliphatic rings. The summed E-state index contributed by atoms with van der Waals surface area (Å²) in [7, 11) is 4.08. The molecule has 0 amide bonds. The van der Waals surface area contributed by atoms with Crippen LogP contribution in [0, 0.1) is 0 Å². The van der Waals surface area contributed by atoms with Crippen molar-refractivity contribution in [2.45, 2.75) is 6.54 Å². The maximum absolute atomic E-state index is 4.28. The Balaban J connectivity index is 2.02. The Morgan fingerprint density at radius 1 is 1.12 bits per heavy atom. The van der Waals surface area contributed by atoms with Gasteiger partial charge in [0.1, 0.15) is 0 Å². The zero-order chi connectivity index (χ0) is 12.1. The number of hydrogen-bond donors (Lipinski definition) is 1. The lowest BCUT2D eigenvalue weighted by Gasteiger charge is -2.14. The van der Waals surface area contributed by atoms with Crippen LogP contribution in [0.2, 0.25) is 0 Å². The minimum absolute atomic E-state index is 0.748. The first-order valence-electron chi connectivity index (χ1n) is 5.67. The zero-order valence-electron chi connectivity index (χ0n) is 10.2. The lowest BCUT2D eigenvalue weighted by molar-refractivity contribution is 1.04. The second-order valence-electron chi connectivity index (χ2n) is 4.12. The average Bonchev–Trinajstić information content (AvgIpc) is 2.38. The molecule has 17 heavy (non-hydrogen) atoms. The van der Waals surface area contributed by atoms with E-state index in [4.69, 9.17) is 0 Å². The van der Waals surface area contributed by atoms with Gasteiger partial charge in [0.15, 0.2) is 0 Å². The molecule has 1 aromatic carbocycles. The molecule has 3 nitrogen and oxygen atoms in total. The van der Waals surface area contributed by atoms with E-state index in [1.807, 2.05) is 38.5 Å². The Morgan fingerprint density at radius 2 is 2.00 bits per heavy atom. The highest BCUT2D eigenvalue weighted by Crippen LogP contribution is 2.17. The van der Waals surface area contributed by atoms with Crippen LogP contribution >= 0.6 is 0 Å². The van der Waals surface area contributed by atoms with Gasteiger partial charge in [0.2, 0.25) is 0 Å². The van der Waals surface area contributed by atoms with Gasteiger partial charge >= 0.3 is 0 Å². The molecule has 0 saturated carbocycles. The molecule has 0 atom stereocenters. The van der Waals surface area contributed by atoms with Gasteiger partial charge in [0.05, 0.1) is 12.2 Å². The third kappa shape index (κ3) is 3.21. The quantitative estimate of drug-likeness (QED) is 0.870. The van der Waals surface area contributed by atoms with E-state index in [1.165, 1.54) is 5.69 Å². The first kappa shape index (κ1) is 11.5. The summed E-state index contributed by atoms with van der Waals surface area (Å²) < 4.78 is 0. The molecule has 0 bridgehead atoms. The predicted molar refractivity (Wildman–Crippen MR) is 72.3 cm³/mol. The molecule has 0 radical (unpaired) electrons. The van der Waals surface area contributed by atoms with Crippen molar-refractivity contribution in [3.05, 3.63) is 54.4 Å². The van der Waals surface area contributed by atoms with Gasteiger partial charge in [-0.25, -0.2) is 0 Å². The van der Waals surface area contributed by atoms with E-state index in [1.54, 1.807) is 0 Å². The lowest BCUT2D eigenvalue weighted by Crippen LogP contribution is -2.09. The summed E-state index contributed by atoms with van der Waals surface area (Å²) >= 11 is 0. The second-order valence-corrected chi connectivity index (χ2v) is 4.12. The van der Waals surface area contributed by atoms with Crippen LogP contribution in [0.5, 0.6) is 0 Å². The molecule has 2 rings (SSSR count). The van der Waals surface area contributed by atoms with Gasteiger partial charge < -0.3 is 10.2 Å². The number of hydrogen-bond acceptors (Lipinski definition) is 3. The monoisotopic (exact) mass is 227 g/mol. The number of nitrogens with one attached hydrogen (secondary N) is 1. The van der Waals surface area contributed by atoms with Gasteiger partial charge in [-0.3, -0.25) is 4.98 Å². The fraction of sp³-hybridized carbons (Fsp3) is 0.214. The van der Waals surface area contributed by atoms with Gasteiger partial charge in [-0.1, -0.05) is 12.1 Å². The number of aromatic nitrogens is 1. The fourth-order valence-corrected chi connectivity index (χ4v) is 1.59. The molecule has 2 aromatic rings. The Hall–Kier alpha value is -2.03. The lowest BCUT2D eigenvalue weighted by atomic mass is 10.2. The largest absolute Gasteiger partial charge is 0.379 e. The summed E-state index contributed by atoms with van der Waals surface area (Å²) in [5.74, 6) is 0. The summed E-state index contributed by atoms with van der Waals surface area (Å²) in [6.07, 6.45) is 1.81. The zero-order valence-corrected chi connectivity index (χ0v) is 10.2. The van der Waals surface area contributed by atoms with Crippen molar-refractivity contribution in [3.63, 3.8) is 0 Å². The molecular formula is C14H17N3. The number of rotatable bonds is 4. The third-order valence-corrected chi connectivity index (χ3v) is 2.56. The van der Waals surface area contributed by atoms with E-state index in [0.29, 0.717) is 0 Å². The number of pyridine rings is 1. The minimum Gasteiger partial charge on any atom is -0.379 e. The molecule has 3 heteroatoms. The van der Waals surface area contributed by atoms with E-state index >= 15 is 0 Å². The summed E-state index contributed by atoms with van der Waals surface area (Å²) in [4.78, 5) is 6.37.